The number of nitrogens with two attached hydrogens (primary N) is 1. The van der Waals surface area contributed by atoms with E-state index in [1.54, 1.807) is 13.3 Å². The molecule has 0 radical (unpaired) electrons. The molecule has 2 N–H and O–H groups in total. The molecule has 0 amide bonds. The number of benzene rings is 3. The summed E-state index contributed by atoms with van der Waals surface area (Å²) in [6.45, 7) is 4.81. The lowest BCUT2D eigenvalue weighted by Crippen LogP contribution is -2.09. The molecule has 2 atom stereocenters. The van der Waals surface area contributed by atoms with Gasteiger partial charge in [-0.25, -0.2) is 4.39 Å². The highest BCUT2D eigenvalue weighted by atomic mass is 19.1. The van der Waals surface area contributed by atoms with Crippen LogP contribution in [-0.4, -0.2) is 39.6 Å². The number of rotatable bonds is 9. The Bertz CT molecular complexity index is 1510. The van der Waals surface area contributed by atoms with Crippen LogP contribution in [0.2, 0.25) is 0 Å². The number of aliphatic imine (C=N–C) groups is 1. The average molecular weight is 559 g/mol. The Labute approximate surface area is 239 Å². The third kappa shape index (κ3) is 5.78. The molecule has 0 saturated carbocycles. The fourth-order valence-corrected chi connectivity index (χ4v) is 5.87. The van der Waals surface area contributed by atoms with Crippen LogP contribution in [0.15, 0.2) is 59.2 Å². The van der Waals surface area contributed by atoms with Crippen molar-refractivity contribution >= 4 is 12.2 Å². The van der Waals surface area contributed by atoms with E-state index in [9.17, 15) is 4.79 Å². The SMILES string of the molecule is CN=C/C(=C\N)COc1cc(C)c(-c2ccc(F)c3c2CC[C@H]3Oc2ccc3c(c2)OC[C@H]3CC(=O)OC)c(C)c1. The van der Waals surface area contributed by atoms with E-state index in [0.717, 1.165) is 44.7 Å². The number of methoxy groups -OCH3 is 1. The average Bonchev–Trinajstić information content (AvgIpc) is 3.56. The highest BCUT2D eigenvalue weighted by Gasteiger charge is 2.32. The third-order valence-corrected chi connectivity index (χ3v) is 7.76. The Balaban J connectivity index is 1.38. The van der Waals surface area contributed by atoms with Gasteiger partial charge in [0.1, 0.15) is 35.8 Å². The summed E-state index contributed by atoms with van der Waals surface area (Å²) in [4.78, 5) is 15.7. The van der Waals surface area contributed by atoms with Crippen LogP contribution in [0.1, 0.15) is 52.7 Å². The van der Waals surface area contributed by atoms with E-state index in [4.69, 9.17) is 24.7 Å². The molecule has 8 heteroatoms. The molecule has 7 nitrogen and oxygen atoms in total. The van der Waals surface area contributed by atoms with Crippen LogP contribution < -0.4 is 19.9 Å². The number of ether oxygens (including phenoxy) is 4. The molecule has 1 heterocycles. The van der Waals surface area contributed by atoms with E-state index in [1.807, 2.05) is 50.2 Å². The van der Waals surface area contributed by atoms with E-state index in [0.29, 0.717) is 43.1 Å². The number of fused-ring (bicyclic) bond motifs is 2. The predicted molar refractivity (Wildman–Crippen MR) is 156 cm³/mol. The summed E-state index contributed by atoms with van der Waals surface area (Å²) >= 11 is 0. The topological polar surface area (TPSA) is 92.4 Å². The number of aryl methyl sites for hydroxylation is 2. The summed E-state index contributed by atoms with van der Waals surface area (Å²) in [5, 5.41) is 0. The first-order valence-corrected chi connectivity index (χ1v) is 13.7. The minimum atomic E-state index is -0.416. The molecule has 3 aromatic rings. The number of hydrogen-bond acceptors (Lipinski definition) is 7. The zero-order chi connectivity index (χ0) is 29.1. The van der Waals surface area contributed by atoms with Gasteiger partial charge < -0.3 is 24.7 Å². The summed E-state index contributed by atoms with van der Waals surface area (Å²) in [7, 11) is 3.07. The maximum Gasteiger partial charge on any atom is 0.306 e. The second-order valence-electron chi connectivity index (χ2n) is 10.5. The highest BCUT2D eigenvalue weighted by molar-refractivity contribution is 5.79. The molecule has 1 aliphatic heterocycles. The van der Waals surface area contributed by atoms with E-state index in [1.165, 1.54) is 19.4 Å². The van der Waals surface area contributed by atoms with Gasteiger partial charge in [-0.15, -0.1) is 0 Å². The van der Waals surface area contributed by atoms with Crippen molar-refractivity contribution in [2.24, 2.45) is 10.7 Å². The number of carbonyl (C=O) groups is 1. The normalized spacial score (nSPS) is 17.7. The molecule has 0 unspecified atom stereocenters. The fraction of sp³-hybridized carbons (Fsp3) is 0.333. The summed E-state index contributed by atoms with van der Waals surface area (Å²) in [6.07, 6.45) is 4.37. The highest BCUT2D eigenvalue weighted by Crippen LogP contribution is 2.45. The number of esters is 1. The van der Waals surface area contributed by atoms with Crippen molar-refractivity contribution in [2.45, 2.75) is 45.1 Å². The quantitative estimate of drug-likeness (QED) is 0.251. The van der Waals surface area contributed by atoms with Crippen LogP contribution in [0.5, 0.6) is 17.2 Å². The number of carbonyl (C=O) groups excluding carboxylic acids is 1. The number of nitrogens with zero attached hydrogens (tertiary/aromatic N) is 1. The smallest absolute Gasteiger partial charge is 0.306 e. The zero-order valence-corrected chi connectivity index (χ0v) is 23.8. The lowest BCUT2D eigenvalue weighted by molar-refractivity contribution is -0.141. The van der Waals surface area contributed by atoms with Crippen LogP contribution >= 0.6 is 0 Å². The molecule has 0 bridgehead atoms. The second kappa shape index (κ2) is 12.0. The van der Waals surface area contributed by atoms with Crippen molar-refractivity contribution in [3.05, 3.63) is 87.9 Å². The molecule has 214 valence electrons. The third-order valence-electron chi connectivity index (χ3n) is 7.76. The van der Waals surface area contributed by atoms with E-state index >= 15 is 4.39 Å². The molecule has 1 aliphatic carbocycles. The van der Waals surface area contributed by atoms with Gasteiger partial charge >= 0.3 is 5.97 Å². The van der Waals surface area contributed by atoms with Crippen molar-refractivity contribution in [2.75, 3.05) is 27.4 Å². The Morgan fingerprint density at radius 1 is 1.15 bits per heavy atom. The molecule has 0 spiro atoms. The van der Waals surface area contributed by atoms with Gasteiger partial charge in [-0.05, 0) is 78.8 Å². The maximum atomic E-state index is 15.3. The van der Waals surface area contributed by atoms with E-state index in [2.05, 4.69) is 4.99 Å². The predicted octanol–water partition coefficient (Wildman–Crippen LogP) is 6.14. The van der Waals surface area contributed by atoms with Gasteiger partial charge in [0.15, 0.2) is 0 Å². The Kier molecular flexibility index (Phi) is 8.28. The van der Waals surface area contributed by atoms with E-state index in [-0.39, 0.29) is 24.1 Å². The van der Waals surface area contributed by atoms with Crippen LogP contribution in [-0.2, 0) is 16.0 Å². The molecule has 0 fully saturated rings. The van der Waals surface area contributed by atoms with Gasteiger partial charge in [0.05, 0.1) is 20.1 Å². The first-order chi connectivity index (χ1) is 19.8. The molecular formula is C33H35FN2O5. The Hall–Kier alpha value is -4.33. The van der Waals surface area contributed by atoms with Crippen molar-refractivity contribution in [1.82, 2.24) is 0 Å². The summed E-state index contributed by atoms with van der Waals surface area (Å²) in [5.41, 5.74) is 13.1. The number of hydrogen-bond donors (Lipinski definition) is 1. The van der Waals surface area contributed by atoms with Crippen LogP contribution in [0.3, 0.4) is 0 Å². The van der Waals surface area contributed by atoms with Gasteiger partial charge in [-0.1, -0.05) is 12.1 Å². The Morgan fingerprint density at radius 3 is 2.63 bits per heavy atom. The molecule has 0 saturated heterocycles. The number of halogens is 1. The molecule has 3 aromatic carbocycles. The zero-order valence-electron chi connectivity index (χ0n) is 23.8. The summed E-state index contributed by atoms with van der Waals surface area (Å²) in [6, 6.07) is 13.0. The van der Waals surface area contributed by atoms with Crippen LogP contribution in [0.25, 0.3) is 11.1 Å². The van der Waals surface area contributed by atoms with Gasteiger partial charge in [0.2, 0.25) is 0 Å². The van der Waals surface area contributed by atoms with Crippen molar-refractivity contribution in [1.29, 1.82) is 0 Å². The van der Waals surface area contributed by atoms with E-state index < -0.39 is 6.10 Å². The van der Waals surface area contributed by atoms with Crippen molar-refractivity contribution in [3.8, 4) is 28.4 Å². The Morgan fingerprint density at radius 2 is 1.93 bits per heavy atom. The van der Waals surface area contributed by atoms with Gasteiger partial charge in [0.25, 0.3) is 0 Å². The fourth-order valence-electron chi connectivity index (χ4n) is 5.87. The van der Waals surface area contributed by atoms with Crippen LogP contribution in [0, 0.1) is 19.7 Å². The maximum absolute atomic E-state index is 15.3. The monoisotopic (exact) mass is 558 g/mol. The first kappa shape index (κ1) is 28.2. The largest absolute Gasteiger partial charge is 0.492 e. The lowest BCUT2D eigenvalue weighted by Gasteiger charge is -2.19. The minimum absolute atomic E-state index is 0.0497. The second-order valence-corrected chi connectivity index (χ2v) is 10.5. The minimum Gasteiger partial charge on any atom is -0.492 e. The van der Waals surface area contributed by atoms with Gasteiger partial charge in [-0.3, -0.25) is 9.79 Å². The molecule has 0 aromatic heterocycles. The molecular weight excluding hydrogens is 523 g/mol. The molecule has 41 heavy (non-hydrogen) atoms. The summed E-state index contributed by atoms with van der Waals surface area (Å²) in [5.74, 6) is 1.45. The van der Waals surface area contributed by atoms with Crippen molar-refractivity contribution in [3.63, 3.8) is 0 Å². The van der Waals surface area contributed by atoms with Gasteiger partial charge in [0, 0.05) is 48.1 Å². The standard InChI is InChI=1S/C33H35FN2O5/c1-19-11-24(39-17-21(15-35)16-36-3)12-20(2)32(19)26-7-9-28(34)33-27(26)8-10-29(33)41-23-5-6-25-22(13-31(37)38-4)18-40-30(25)14-23/h5-7,9,11-12,14-16,22,29H,8,10,13,17-18,35H2,1-4H3/b21-15+,36-16?/t22-,29-/m1/s1. The van der Waals surface area contributed by atoms with Crippen molar-refractivity contribution < 1.29 is 28.1 Å². The molecule has 5 rings (SSSR count). The van der Waals surface area contributed by atoms with Crippen LogP contribution in [0.4, 0.5) is 4.39 Å². The first-order valence-electron chi connectivity index (χ1n) is 13.7. The van der Waals surface area contributed by atoms with Gasteiger partial charge in [-0.2, -0.15) is 0 Å². The summed E-state index contributed by atoms with van der Waals surface area (Å²) < 4.78 is 38.3. The lowest BCUT2D eigenvalue weighted by atomic mass is 9.90. The molecule has 2 aliphatic rings.